The number of hydrogen-bond acceptors (Lipinski definition) is 3. The van der Waals surface area contributed by atoms with Crippen LogP contribution in [0.3, 0.4) is 0 Å². The van der Waals surface area contributed by atoms with Gasteiger partial charge in [-0.2, -0.15) is 0 Å². The summed E-state index contributed by atoms with van der Waals surface area (Å²) in [6, 6.07) is 18.8. The molecule has 0 radical (unpaired) electrons. The molecule has 5 rings (SSSR count). The van der Waals surface area contributed by atoms with Gasteiger partial charge in [0, 0.05) is 35.4 Å². The number of aromatic amines is 1. The van der Waals surface area contributed by atoms with Gasteiger partial charge in [0.05, 0.1) is 5.69 Å². The normalized spacial score (nSPS) is 13.4. The standard InChI is InChI=1S/C24H21FN4O/c25-20-9-6-17(24(30)28-19-7-8-19)11-22(20)26-13-15-10-18-12-21(29-23(18)27-14-15)16-4-2-1-3-5-16/h1-6,9-12,14,19,26H,7-8,13H2,(H,27,29)(H,28,30). The first-order chi connectivity index (χ1) is 14.7. The van der Waals surface area contributed by atoms with E-state index in [2.05, 4.69) is 26.7 Å². The maximum Gasteiger partial charge on any atom is 0.251 e. The number of nitrogens with zero attached hydrogens (tertiary/aromatic N) is 1. The fourth-order valence-corrected chi connectivity index (χ4v) is 3.43. The first-order valence-electron chi connectivity index (χ1n) is 10.0. The molecule has 2 heterocycles. The van der Waals surface area contributed by atoms with E-state index in [0.717, 1.165) is 40.7 Å². The molecule has 6 heteroatoms. The third-order valence-electron chi connectivity index (χ3n) is 5.24. The minimum Gasteiger partial charge on any atom is -0.379 e. The van der Waals surface area contributed by atoms with Crippen molar-refractivity contribution in [1.82, 2.24) is 15.3 Å². The second-order valence-electron chi connectivity index (χ2n) is 7.63. The summed E-state index contributed by atoms with van der Waals surface area (Å²) in [6.45, 7) is 0.402. The van der Waals surface area contributed by atoms with Crippen molar-refractivity contribution in [2.45, 2.75) is 25.4 Å². The predicted molar refractivity (Wildman–Crippen MR) is 116 cm³/mol. The van der Waals surface area contributed by atoms with Crippen LogP contribution in [-0.4, -0.2) is 21.9 Å². The Hall–Kier alpha value is -3.67. The Bertz CT molecular complexity index is 1210. The minimum absolute atomic E-state index is 0.163. The molecule has 4 aromatic rings. The minimum atomic E-state index is -0.389. The highest BCUT2D eigenvalue weighted by Crippen LogP contribution is 2.24. The van der Waals surface area contributed by atoms with Crippen LogP contribution in [-0.2, 0) is 6.54 Å². The molecule has 30 heavy (non-hydrogen) atoms. The molecule has 2 aromatic heterocycles. The molecule has 0 aliphatic heterocycles. The zero-order valence-electron chi connectivity index (χ0n) is 16.3. The highest BCUT2D eigenvalue weighted by atomic mass is 19.1. The van der Waals surface area contributed by atoms with Gasteiger partial charge in [0.1, 0.15) is 11.5 Å². The van der Waals surface area contributed by atoms with E-state index in [-0.39, 0.29) is 17.8 Å². The number of pyridine rings is 1. The van der Waals surface area contributed by atoms with E-state index in [1.165, 1.54) is 12.1 Å². The van der Waals surface area contributed by atoms with E-state index >= 15 is 0 Å². The van der Waals surface area contributed by atoms with Crippen LogP contribution in [0.25, 0.3) is 22.3 Å². The Morgan fingerprint density at radius 1 is 1.10 bits per heavy atom. The summed E-state index contributed by atoms with van der Waals surface area (Å²) in [7, 11) is 0. The van der Waals surface area contributed by atoms with Crippen molar-refractivity contribution in [3.8, 4) is 11.3 Å². The number of hydrogen-bond donors (Lipinski definition) is 3. The number of amides is 1. The van der Waals surface area contributed by atoms with Crippen molar-refractivity contribution < 1.29 is 9.18 Å². The van der Waals surface area contributed by atoms with Crippen LogP contribution in [0.1, 0.15) is 28.8 Å². The molecular weight excluding hydrogens is 379 g/mol. The molecular formula is C24H21FN4O. The average Bonchev–Trinajstić information content (AvgIpc) is 3.48. The fraction of sp³-hybridized carbons (Fsp3) is 0.167. The van der Waals surface area contributed by atoms with Gasteiger partial charge in [-0.1, -0.05) is 30.3 Å². The molecule has 0 saturated heterocycles. The number of carbonyl (C=O) groups excluding carboxylic acids is 1. The van der Waals surface area contributed by atoms with Crippen LogP contribution in [0.5, 0.6) is 0 Å². The Morgan fingerprint density at radius 2 is 1.93 bits per heavy atom. The second-order valence-corrected chi connectivity index (χ2v) is 7.63. The number of halogens is 1. The first kappa shape index (κ1) is 18.4. The molecule has 1 aliphatic rings. The topological polar surface area (TPSA) is 69.8 Å². The molecule has 0 atom stereocenters. The molecule has 0 unspecified atom stereocenters. The third kappa shape index (κ3) is 3.89. The van der Waals surface area contributed by atoms with E-state index in [4.69, 9.17) is 0 Å². The second kappa shape index (κ2) is 7.63. The summed E-state index contributed by atoms with van der Waals surface area (Å²) in [5, 5.41) is 7.01. The van der Waals surface area contributed by atoms with E-state index in [0.29, 0.717) is 17.8 Å². The maximum absolute atomic E-state index is 14.2. The molecule has 3 N–H and O–H groups in total. The van der Waals surface area contributed by atoms with Crippen molar-refractivity contribution in [3.63, 3.8) is 0 Å². The molecule has 1 saturated carbocycles. The lowest BCUT2D eigenvalue weighted by Crippen LogP contribution is -2.25. The van der Waals surface area contributed by atoms with Crippen LogP contribution in [0.15, 0.2) is 66.9 Å². The lowest BCUT2D eigenvalue weighted by Gasteiger charge is -2.10. The van der Waals surface area contributed by atoms with Crippen LogP contribution in [0.2, 0.25) is 0 Å². The van der Waals surface area contributed by atoms with Gasteiger partial charge in [-0.3, -0.25) is 4.79 Å². The number of anilines is 1. The Balaban J connectivity index is 1.33. The van der Waals surface area contributed by atoms with Crippen LogP contribution in [0, 0.1) is 5.82 Å². The van der Waals surface area contributed by atoms with Crippen molar-refractivity contribution >= 4 is 22.6 Å². The van der Waals surface area contributed by atoms with E-state index in [1.54, 1.807) is 12.3 Å². The van der Waals surface area contributed by atoms with E-state index in [9.17, 15) is 9.18 Å². The first-order valence-corrected chi connectivity index (χ1v) is 10.0. The Kier molecular flexibility index (Phi) is 4.67. The number of nitrogens with one attached hydrogen (secondary N) is 3. The lowest BCUT2D eigenvalue weighted by atomic mass is 10.1. The fourth-order valence-electron chi connectivity index (χ4n) is 3.43. The van der Waals surface area contributed by atoms with Crippen molar-refractivity contribution in [3.05, 3.63) is 83.8 Å². The average molecular weight is 400 g/mol. The van der Waals surface area contributed by atoms with Crippen LogP contribution < -0.4 is 10.6 Å². The third-order valence-corrected chi connectivity index (χ3v) is 5.24. The van der Waals surface area contributed by atoms with Gasteiger partial charge in [0.15, 0.2) is 0 Å². The van der Waals surface area contributed by atoms with Crippen LogP contribution in [0.4, 0.5) is 10.1 Å². The van der Waals surface area contributed by atoms with Crippen molar-refractivity contribution in [1.29, 1.82) is 0 Å². The SMILES string of the molecule is O=C(NC1CC1)c1ccc(F)c(NCc2cnc3[nH]c(-c4ccccc4)cc3c2)c1. The van der Waals surface area contributed by atoms with Gasteiger partial charge in [0.2, 0.25) is 0 Å². The number of rotatable bonds is 6. The predicted octanol–water partition coefficient (Wildman–Crippen LogP) is 4.87. The van der Waals surface area contributed by atoms with Gasteiger partial charge in [0.25, 0.3) is 5.91 Å². The molecule has 0 bridgehead atoms. The van der Waals surface area contributed by atoms with Crippen molar-refractivity contribution in [2.75, 3.05) is 5.32 Å². The Morgan fingerprint density at radius 3 is 2.73 bits per heavy atom. The number of aromatic nitrogens is 2. The maximum atomic E-state index is 14.2. The molecule has 1 aliphatic carbocycles. The smallest absolute Gasteiger partial charge is 0.251 e. The molecule has 0 spiro atoms. The zero-order chi connectivity index (χ0) is 20.5. The number of carbonyl (C=O) groups is 1. The number of H-pyrrole nitrogens is 1. The lowest BCUT2D eigenvalue weighted by molar-refractivity contribution is 0.0951. The van der Waals surface area contributed by atoms with Gasteiger partial charge in [-0.15, -0.1) is 0 Å². The highest BCUT2D eigenvalue weighted by molar-refractivity contribution is 5.95. The molecule has 2 aromatic carbocycles. The van der Waals surface area contributed by atoms with Gasteiger partial charge >= 0.3 is 0 Å². The van der Waals surface area contributed by atoms with Crippen molar-refractivity contribution in [2.24, 2.45) is 0 Å². The zero-order valence-corrected chi connectivity index (χ0v) is 16.3. The summed E-state index contributed by atoms with van der Waals surface area (Å²) < 4.78 is 14.2. The van der Waals surface area contributed by atoms with Gasteiger partial charge in [-0.25, -0.2) is 9.37 Å². The molecule has 150 valence electrons. The summed E-state index contributed by atoms with van der Waals surface area (Å²) >= 11 is 0. The summed E-state index contributed by atoms with van der Waals surface area (Å²) in [5.74, 6) is -0.551. The van der Waals surface area contributed by atoms with Gasteiger partial charge < -0.3 is 15.6 Å². The van der Waals surface area contributed by atoms with Crippen LogP contribution >= 0.6 is 0 Å². The molecule has 1 fully saturated rings. The van der Waals surface area contributed by atoms with E-state index in [1.807, 2.05) is 36.4 Å². The quantitative estimate of drug-likeness (QED) is 0.432. The number of benzene rings is 2. The largest absolute Gasteiger partial charge is 0.379 e. The summed E-state index contributed by atoms with van der Waals surface area (Å²) in [4.78, 5) is 20.0. The highest BCUT2D eigenvalue weighted by Gasteiger charge is 2.24. The van der Waals surface area contributed by atoms with Gasteiger partial charge in [-0.05, 0) is 54.3 Å². The van der Waals surface area contributed by atoms with E-state index < -0.39 is 0 Å². The summed E-state index contributed by atoms with van der Waals surface area (Å²) in [5.41, 5.74) is 4.59. The Labute approximate surface area is 173 Å². The number of fused-ring (bicyclic) bond motifs is 1. The molecule has 1 amide bonds. The summed E-state index contributed by atoms with van der Waals surface area (Å²) in [6.07, 6.45) is 3.79. The molecule has 5 nitrogen and oxygen atoms in total. The monoisotopic (exact) mass is 400 g/mol.